The molecular formula is C14H24ClN3. The molecule has 0 aliphatic heterocycles. The van der Waals surface area contributed by atoms with E-state index in [0.29, 0.717) is 12.0 Å². The third kappa shape index (κ3) is 2.57. The Labute approximate surface area is 115 Å². The largest absolute Gasteiger partial charge is 0.309 e. The fraction of sp³-hybridized carbons (Fsp3) is 0.786. The lowest BCUT2D eigenvalue weighted by Gasteiger charge is -2.28. The van der Waals surface area contributed by atoms with Crippen LogP contribution >= 0.6 is 11.6 Å². The van der Waals surface area contributed by atoms with Crippen LogP contribution in [-0.2, 0) is 6.54 Å². The topological polar surface area (TPSA) is 29.9 Å². The summed E-state index contributed by atoms with van der Waals surface area (Å²) in [5.74, 6) is 1.45. The van der Waals surface area contributed by atoms with Crippen molar-refractivity contribution in [1.29, 1.82) is 0 Å². The van der Waals surface area contributed by atoms with Gasteiger partial charge in [-0.3, -0.25) is 4.68 Å². The molecule has 102 valence electrons. The number of halogens is 1. The van der Waals surface area contributed by atoms with Crippen LogP contribution in [0, 0.1) is 11.8 Å². The second-order valence-corrected chi connectivity index (χ2v) is 5.71. The molecule has 2 rings (SSSR count). The molecule has 1 N–H and O–H groups in total. The minimum Gasteiger partial charge on any atom is -0.309 e. The highest BCUT2D eigenvalue weighted by Gasteiger charge is 2.34. The van der Waals surface area contributed by atoms with Crippen LogP contribution in [0.25, 0.3) is 0 Å². The lowest BCUT2D eigenvalue weighted by Crippen LogP contribution is -2.31. The summed E-state index contributed by atoms with van der Waals surface area (Å²) in [5, 5.41) is 8.81. The summed E-state index contributed by atoms with van der Waals surface area (Å²) in [4.78, 5) is 0. The first-order chi connectivity index (χ1) is 8.69. The number of nitrogens with zero attached hydrogens (tertiary/aromatic N) is 2. The van der Waals surface area contributed by atoms with Gasteiger partial charge in [-0.25, -0.2) is 0 Å². The fourth-order valence-corrected chi connectivity index (χ4v) is 3.53. The van der Waals surface area contributed by atoms with Crippen molar-refractivity contribution < 1.29 is 0 Å². The van der Waals surface area contributed by atoms with E-state index in [2.05, 4.69) is 31.2 Å². The number of aromatic nitrogens is 2. The third-order valence-corrected chi connectivity index (χ3v) is 4.50. The van der Waals surface area contributed by atoms with Crippen LogP contribution in [0.5, 0.6) is 0 Å². The molecular weight excluding hydrogens is 246 g/mol. The highest BCUT2D eigenvalue weighted by atomic mass is 35.5. The van der Waals surface area contributed by atoms with Crippen LogP contribution in [0.15, 0.2) is 6.20 Å². The first-order valence-corrected chi connectivity index (χ1v) is 7.51. The van der Waals surface area contributed by atoms with Gasteiger partial charge in [0.05, 0.1) is 23.0 Å². The molecule has 3 nitrogen and oxygen atoms in total. The van der Waals surface area contributed by atoms with Crippen LogP contribution in [0.2, 0.25) is 5.02 Å². The van der Waals surface area contributed by atoms with Crippen molar-refractivity contribution >= 4 is 11.6 Å². The van der Waals surface area contributed by atoms with Gasteiger partial charge < -0.3 is 5.32 Å². The fourth-order valence-electron chi connectivity index (χ4n) is 3.27. The molecule has 0 saturated heterocycles. The molecule has 0 radical (unpaired) electrons. The lowest BCUT2D eigenvalue weighted by atomic mass is 9.88. The van der Waals surface area contributed by atoms with Crippen LogP contribution in [0.4, 0.5) is 0 Å². The van der Waals surface area contributed by atoms with Crippen molar-refractivity contribution in [2.75, 3.05) is 6.54 Å². The monoisotopic (exact) mass is 269 g/mol. The second kappa shape index (κ2) is 6.07. The highest BCUT2D eigenvalue weighted by Crippen LogP contribution is 2.41. The minimum absolute atomic E-state index is 0.349. The van der Waals surface area contributed by atoms with E-state index in [1.165, 1.54) is 25.0 Å². The average molecular weight is 270 g/mol. The zero-order valence-electron chi connectivity index (χ0n) is 11.6. The summed E-state index contributed by atoms with van der Waals surface area (Å²) in [7, 11) is 0. The van der Waals surface area contributed by atoms with E-state index in [4.69, 9.17) is 11.6 Å². The van der Waals surface area contributed by atoms with E-state index in [9.17, 15) is 0 Å². The van der Waals surface area contributed by atoms with Crippen LogP contribution in [-0.4, -0.2) is 16.3 Å². The number of hydrogen-bond acceptors (Lipinski definition) is 2. The van der Waals surface area contributed by atoms with Crippen molar-refractivity contribution in [2.45, 2.75) is 52.6 Å². The first-order valence-electron chi connectivity index (χ1n) is 7.13. The summed E-state index contributed by atoms with van der Waals surface area (Å²) in [6, 6.07) is 0.349. The molecule has 1 aromatic rings. The van der Waals surface area contributed by atoms with Gasteiger partial charge in [-0.2, -0.15) is 5.10 Å². The number of rotatable bonds is 5. The van der Waals surface area contributed by atoms with Gasteiger partial charge in [0, 0.05) is 6.54 Å². The van der Waals surface area contributed by atoms with Gasteiger partial charge in [0.15, 0.2) is 0 Å². The predicted octanol–water partition coefficient (Wildman–Crippen LogP) is 3.64. The minimum atomic E-state index is 0.349. The molecule has 0 bridgehead atoms. The van der Waals surface area contributed by atoms with Crippen LogP contribution in [0.3, 0.4) is 0 Å². The van der Waals surface area contributed by atoms with Crippen molar-refractivity contribution in [3.63, 3.8) is 0 Å². The van der Waals surface area contributed by atoms with Crippen molar-refractivity contribution in [3.8, 4) is 0 Å². The molecule has 3 unspecified atom stereocenters. The maximum Gasteiger partial charge on any atom is 0.0834 e. The standard InChI is InChI=1S/C14H24ClN3/c1-4-16-13(11-8-6-7-10(11)3)14-12(15)9-17-18(14)5-2/h9-11,13,16H,4-8H2,1-3H3. The predicted molar refractivity (Wildman–Crippen MR) is 75.8 cm³/mol. The van der Waals surface area contributed by atoms with Gasteiger partial charge in [0.25, 0.3) is 0 Å². The molecule has 18 heavy (non-hydrogen) atoms. The number of nitrogens with one attached hydrogen (secondary N) is 1. The Morgan fingerprint density at radius 3 is 2.83 bits per heavy atom. The summed E-state index contributed by atoms with van der Waals surface area (Å²) >= 11 is 6.36. The molecule has 3 atom stereocenters. The summed E-state index contributed by atoms with van der Waals surface area (Å²) < 4.78 is 2.04. The maximum absolute atomic E-state index is 6.36. The van der Waals surface area contributed by atoms with Gasteiger partial charge in [-0.05, 0) is 31.7 Å². The molecule has 0 spiro atoms. The Morgan fingerprint density at radius 2 is 2.28 bits per heavy atom. The Bertz CT molecular complexity index is 388. The Kier molecular flexibility index (Phi) is 4.68. The van der Waals surface area contributed by atoms with Crippen molar-refractivity contribution in [1.82, 2.24) is 15.1 Å². The third-order valence-electron chi connectivity index (χ3n) is 4.21. The van der Waals surface area contributed by atoms with E-state index >= 15 is 0 Å². The lowest BCUT2D eigenvalue weighted by molar-refractivity contribution is 0.292. The molecule has 1 aliphatic carbocycles. The van der Waals surface area contributed by atoms with E-state index in [0.717, 1.165) is 24.0 Å². The average Bonchev–Trinajstić information content (AvgIpc) is 2.93. The van der Waals surface area contributed by atoms with E-state index < -0.39 is 0 Å². The van der Waals surface area contributed by atoms with E-state index in [1.54, 1.807) is 6.20 Å². The normalized spacial score (nSPS) is 25.6. The summed E-state index contributed by atoms with van der Waals surface area (Å²) in [5.41, 5.74) is 1.18. The van der Waals surface area contributed by atoms with Crippen molar-refractivity contribution in [2.24, 2.45) is 11.8 Å². The van der Waals surface area contributed by atoms with E-state index in [-0.39, 0.29) is 0 Å². The molecule has 0 amide bonds. The zero-order valence-corrected chi connectivity index (χ0v) is 12.4. The summed E-state index contributed by atoms with van der Waals surface area (Å²) in [6.07, 6.45) is 5.75. The Hall–Kier alpha value is -0.540. The van der Waals surface area contributed by atoms with E-state index in [1.807, 2.05) is 4.68 Å². The van der Waals surface area contributed by atoms with Gasteiger partial charge in [-0.1, -0.05) is 38.3 Å². The Morgan fingerprint density at radius 1 is 1.50 bits per heavy atom. The zero-order chi connectivity index (χ0) is 13.1. The molecule has 1 saturated carbocycles. The van der Waals surface area contributed by atoms with Crippen molar-refractivity contribution in [3.05, 3.63) is 16.9 Å². The molecule has 0 aromatic carbocycles. The van der Waals surface area contributed by atoms with Gasteiger partial charge >= 0.3 is 0 Å². The van der Waals surface area contributed by atoms with Crippen LogP contribution in [0.1, 0.15) is 51.8 Å². The molecule has 1 fully saturated rings. The number of aryl methyl sites for hydroxylation is 1. The molecule has 1 aromatic heterocycles. The first kappa shape index (κ1) is 13.9. The van der Waals surface area contributed by atoms with Gasteiger partial charge in [0.1, 0.15) is 0 Å². The molecule has 4 heteroatoms. The number of hydrogen-bond donors (Lipinski definition) is 1. The van der Waals surface area contributed by atoms with Crippen LogP contribution < -0.4 is 5.32 Å². The smallest absolute Gasteiger partial charge is 0.0834 e. The maximum atomic E-state index is 6.36. The Balaban J connectivity index is 2.31. The molecule has 1 heterocycles. The molecule has 1 aliphatic rings. The second-order valence-electron chi connectivity index (χ2n) is 5.30. The quantitative estimate of drug-likeness (QED) is 0.884. The highest BCUT2D eigenvalue weighted by molar-refractivity contribution is 6.31. The SMILES string of the molecule is CCNC(c1c(Cl)cnn1CC)C1CCCC1C. The van der Waals surface area contributed by atoms with Gasteiger partial charge in [0.2, 0.25) is 0 Å². The van der Waals surface area contributed by atoms with Gasteiger partial charge in [-0.15, -0.1) is 0 Å². The summed E-state index contributed by atoms with van der Waals surface area (Å²) in [6.45, 7) is 8.49.